The molecule has 5 heteroatoms. The quantitative estimate of drug-likeness (QED) is 0.860. The van der Waals surface area contributed by atoms with Crippen molar-refractivity contribution in [3.05, 3.63) is 64.5 Å². The molecule has 0 fully saturated rings. The molecule has 1 heterocycles. The van der Waals surface area contributed by atoms with E-state index >= 15 is 0 Å². The Hall–Kier alpha value is -2.01. The van der Waals surface area contributed by atoms with Gasteiger partial charge in [0.15, 0.2) is 17.5 Å². The fraction of sp³-hybridized carbons (Fsp3) is 0.250. The molecule has 2 nitrogen and oxygen atoms in total. The number of nitrogens with zero attached hydrogens (tertiary/aromatic N) is 1. The lowest BCUT2D eigenvalue weighted by molar-refractivity contribution is 0.212. The molecule has 2 aromatic rings. The lowest BCUT2D eigenvalue weighted by Crippen LogP contribution is -2.12. The summed E-state index contributed by atoms with van der Waals surface area (Å²) in [7, 11) is 1.97. The molecule has 1 aliphatic rings. The highest BCUT2D eigenvalue weighted by Gasteiger charge is 2.23. The Morgan fingerprint density at radius 1 is 1.10 bits per heavy atom. The zero-order valence-electron chi connectivity index (χ0n) is 11.4. The fourth-order valence-corrected chi connectivity index (χ4v) is 2.69. The molecule has 0 aliphatic carbocycles. The largest absolute Gasteiger partial charge is 0.384 e. The van der Waals surface area contributed by atoms with E-state index in [1.165, 1.54) is 0 Å². The average Bonchev–Trinajstić information content (AvgIpc) is 2.85. The van der Waals surface area contributed by atoms with Crippen LogP contribution in [0.1, 0.15) is 22.8 Å². The van der Waals surface area contributed by atoms with Gasteiger partial charge in [-0.25, -0.2) is 13.2 Å². The van der Waals surface area contributed by atoms with Gasteiger partial charge in [0, 0.05) is 24.8 Å². The summed E-state index contributed by atoms with van der Waals surface area (Å²) in [6.07, 6.45) is -0.483. The van der Waals surface area contributed by atoms with Crippen molar-refractivity contribution in [2.45, 2.75) is 12.5 Å². The molecule has 0 bridgehead atoms. The number of hydrogen-bond acceptors (Lipinski definition) is 2. The van der Waals surface area contributed by atoms with Crippen molar-refractivity contribution in [2.75, 3.05) is 18.5 Å². The maximum absolute atomic E-state index is 13.8. The number of rotatable bonds is 2. The van der Waals surface area contributed by atoms with Gasteiger partial charge in [-0.05, 0) is 29.7 Å². The lowest BCUT2D eigenvalue weighted by Gasteiger charge is -2.16. The van der Waals surface area contributed by atoms with Crippen LogP contribution in [0.2, 0.25) is 0 Å². The molecule has 2 aromatic carbocycles. The van der Waals surface area contributed by atoms with Gasteiger partial charge in [-0.2, -0.15) is 0 Å². The van der Waals surface area contributed by atoms with Gasteiger partial charge in [-0.15, -0.1) is 0 Å². The van der Waals surface area contributed by atoms with Crippen molar-refractivity contribution in [1.82, 2.24) is 0 Å². The number of aliphatic hydroxyl groups is 1. The number of benzene rings is 2. The third kappa shape index (κ3) is 2.27. The zero-order valence-corrected chi connectivity index (χ0v) is 11.4. The van der Waals surface area contributed by atoms with Crippen molar-refractivity contribution in [3.63, 3.8) is 0 Å². The van der Waals surface area contributed by atoms with E-state index in [0.717, 1.165) is 36.3 Å². The summed E-state index contributed by atoms with van der Waals surface area (Å²) in [6.45, 7) is 0.883. The number of hydrogen-bond donors (Lipinski definition) is 1. The second-order valence-electron chi connectivity index (χ2n) is 5.23. The Bertz CT molecular complexity index is 702. The van der Waals surface area contributed by atoms with Crippen molar-refractivity contribution >= 4 is 5.69 Å². The summed E-state index contributed by atoms with van der Waals surface area (Å²) >= 11 is 0. The van der Waals surface area contributed by atoms with Crippen LogP contribution in [-0.2, 0) is 6.42 Å². The molecule has 1 N–H and O–H groups in total. The lowest BCUT2D eigenvalue weighted by atomic mass is 9.98. The topological polar surface area (TPSA) is 23.5 Å². The Labute approximate surface area is 120 Å². The molecule has 0 amide bonds. The smallest absolute Gasteiger partial charge is 0.194 e. The van der Waals surface area contributed by atoms with Gasteiger partial charge >= 0.3 is 0 Å². The molecule has 1 unspecified atom stereocenters. The first kappa shape index (κ1) is 13.9. The van der Waals surface area contributed by atoms with E-state index in [1.807, 2.05) is 13.1 Å². The normalized spacial score (nSPS) is 15.2. The highest BCUT2D eigenvalue weighted by molar-refractivity contribution is 5.59. The van der Waals surface area contributed by atoms with Gasteiger partial charge in [-0.1, -0.05) is 18.2 Å². The molecule has 21 heavy (non-hydrogen) atoms. The first-order valence-electron chi connectivity index (χ1n) is 6.64. The van der Waals surface area contributed by atoms with Crippen LogP contribution < -0.4 is 4.90 Å². The van der Waals surface area contributed by atoms with Crippen molar-refractivity contribution in [2.24, 2.45) is 0 Å². The summed E-state index contributed by atoms with van der Waals surface area (Å²) in [5.41, 5.74) is 2.32. The third-order valence-electron chi connectivity index (χ3n) is 3.91. The van der Waals surface area contributed by atoms with Crippen LogP contribution in [0.3, 0.4) is 0 Å². The predicted molar refractivity (Wildman–Crippen MR) is 73.8 cm³/mol. The van der Waals surface area contributed by atoms with Crippen LogP contribution in [-0.4, -0.2) is 18.7 Å². The number of aliphatic hydroxyl groups excluding tert-OH is 1. The van der Waals surface area contributed by atoms with Gasteiger partial charge in [0.25, 0.3) is 0 Å². The molecule has 110 valence electrons. The van der Waals surface area contributed by atoms with Gasteiger partial charge in [0.05, 0.1) is 0 Å². The summed E-state index contributed by atoms with van der Waals surface area (Å²) in [6, 6.07) is 7.19. The molecule has 3 rings (SSSR count). The minimum absolute atomic E-state index is 0.264. The van der Waals surface area contributed by atoms with Crippen LogP contribution in [0.5, 0.6) is 0 Å². The Kier molecular flexibility index (Phi) is 3.37. The molecule has 0 aromatic heterocycles. The Morgan fingerprint density at radius 3 is 2.62 bits per heavy atom. The third-order valence-corrected chi connectivity index (χ3v) is 3.91. The first-order chi connectivity index (χ1) is 9.99. The van der Waals surface area contributed by atoms with Gasteiger partial charge in [0.1, 0.15) is 6.10 Å². The minimum atomic E-state index is -1.56. The van der Waals surface area contributed by atoms with E-state index in [4.69, 9.17) is 0 Å². The van der Waals surface area contributed by atoms with E-state index in [9.17, 15) is 18.3 Å². The summed E-state index contributed by atoms with van der Waals surface area (Å²) in [5, 5.41) is 10.2. The number of anilines is 1. The molecule has 1 aliphatic heterocycles. The first-order valence-corrected chi connectivity index (χ1v) is 6.64. The summed E-state index contributed by atoms with van der Waals surface area (Å²) in [4.78, 5) is 2.09. The van der Waals surface area contributed by atoms with E-state index in [0.29, 0.717) is 5.56 Å². The van der Waals surface area contributed by atoms with Crippen molar-refractivity contribution < 1.29 is 18.3 Å². The fourth-order valence-electron chi connectivity index (χ4n) is 2.69. The average molecular weight is 293 g/mol. The van der Waals surface area contributed by atoms with Crippen LogP contribution in [0.25, 0.3) is 0 Å². The Morgan fingerprint density at radius 2 is 1.86 bits per heavy atom. The van der Waals surface area contributed by atoms with E-state index in [1.54, 1.807) is 12.1 Å². The monoisotopic (exact) mass is 293 g/mol. The second-order valence-corrected chi connectivity index (χ2v) is 5.23. The van der Waals surface area contributed by atoms with Crippen molar-refractivity contribution in [1.29, 1.82) is 0 Å². The zero-order chi connectivity index (χ0) is 15.1. The molecule has 0 saturated heterocycles. The molecule has 0 radical (unpaired) electrons. The maximum Gasteiger partial charge on any atom is 0.194 e. The van der Waals surface area contributed by atoms with Gasteiger partial charge < -0.3 is 10.0 Å². The second kappa shape index (κ2) is 5.07. The van der Waals surface area contributed by atoms with E-state index in [-0.39, 0.29) is 5.56 Å². The predicted octanol–water partition coefficient (Wildman–Crippen LogP) is 3.18. The van der Waals surface area contributed by atoms with Crippen molar-refractivity contribution in [3.8, 4) is 0 Å². The minimum Gasteiger partial charge on any atom is -0.384 e. The van der Waals surface area contributed by atoms with Crippen LogP contribution in [0, 0.1) is 17.5 Å². The number of fused-ring (bicyclic) bond motifs is 1. The highest BCUT2D eigenvalue weighted by atomic mass is 19.2. The Balaban J connectivity index is 2.00. The standard InChI is InChI=1S/C16H14F3NO/c1-20-7-6-9-8-10(2-5-13(9)20)16(21)11-3-4-12(17)15(19)14(11)18/h2-5,8,16,21H,6-7H2,1H3. The number of halogens is 3. The molecule has 0 saturated carbocycles. The van der Waals surface area contributed by atoms with Gasteiger partial charge in [0.2, 0.25) is 0 Å². The summed E-state index contributed by atoms with van der Waals surface area (Å²) in [5.74, 6) is -4.17. The molecular formula is C16H14F3NO. The maximum atomic E-state index is 13.8. The van der Waals surface area contributed by atoms with Crippen LogP contribution in [0.4, 0.5) is 18.9 Å². The van der Waals surface area contributed by atoms with Crippen LogP contribution in [0.15, 0.2) is 30.3 Å². The van der Waals surface area contributed by atoms with E-state index in [2.05, 4.69) is 4.90 Å². The summed E-state index contributed by atoms with van der Waals surface area (Å²) < 4.78 is 40.0. The SMILES string of the molecule is CN1CCc2cc(C(O)c3ccc(F)c(F)c3F)ccc21. The van der Waals surface area contributed by atoms with Gasteiger partial charge in [-0.3, -0.25) is 0 Å². The van der Waals surface area contributed by atoms with E-state index < -0.39 is 23.6 Å². The molecule has 1 atom stereocenters. The van der Waals surface area contributed by atoms with Crippen LogP contribution >= 0.6 is 0 Å². The highest BCUT2D eigenvalue weighted by Crippen LogP contribution is 2.32. The molecular weight excluding hydrogens is 279 g/mol. The number of likely N-dealkylation sites (N-methyl/N-ethyl adjacent to an activating group) is 1. The molecule has 0 spiro atoms.